The second-order valence-corrected chi connectivity index (χ2v) is 7.45. The molecule has 0 aromatic carbocycles. The second-order valence-electron chi connectivity index (χ2n) is 7.12. The molecular weight excluding hydrogens is 358 g/mol. The van der Waals surface area contributed by atoms with Gasteiger partial charge in [0.25, 0.3) is 5.91 Å². The number of fused-ring (bicyclic) bond motifs is 1. The number of carbonyl (C=O) groups is 2. The molecular formula is C18H20ClN3O4. The van der Waals surface area contributed by atoms with Crippen LogP contribution in [0.5, 0.6) is 0 Å². The van der Waals surface area contributed by atoms with Gasteiger partial charge in [0.1, 0.15) is 23.1 Å². The van der Waals surface area contributed by atoms with Crippen LogP contribution in [-0.4, -0.2) is 44.9 Å². The Balaban J connectivity index is 1.83. The molecule has 2 aromatic rings. The van der Waals surface area contributed by atoms with Gasteiger partial charge in [-0.05, 0) is 51.4 Å². The first-order valence-corrected chi connectivity index (χ1v) is 8.69. The predicted molar refractivity (Wildman–Crippen MR) is 94.8 cm³/mol. The van der Waals surface area contributed by atoms with Gasteiger partial charge in [0.05, 0.1) is 5.56 Å². The molecule has 26 heavy (non-hydrogen) atoms. The molecule has 3 heterocycles. The quantitative estimate of drug-likeness (QED) is 0.603. The van der Waals surface area contributed by atoms with Gasteiger partial charge in [-0.25, -0.2) is 14.8 Å². The van der Waals surface area contributed by atoms with E-state index in [9.17, 15) is 9.59 Å². The first-order valence-electron chi connectivity index (χ1n) is 8.31. The van der Waals surface area contributed by atoms with Gasteiger partial charge in [0, 0.05) is 19.2 Å². The number of aromatic nitrogens is 2. The Labute approximate surface area is 156 Å². The number of hydrogen-bond acceptors (Lipinski definition) is 6. The minimum absolute atomic E-state index is 0.100. The van der Waals surface area contributed by atoms with Crippen molar-refractivity contribution in [2.75, 3.05) is 6.54 Å². The molecule has 0 aliphatic carbocycles. The van der Waals surface area contributed by atoms with Crippen molar-refractivity contribution in [2.24, 2.45) is 0 Å². The molecule has 1 aliphatic rings. The molecule has 138 valence electrons. The Morgan fingerprint density at radius 2 is 2.15 bits per heavy atom. The number of furan rings is 1. The summed E-state index contributed by atoms with van der Waals surface area (Å²) in [6.45, 7) is 7.43. The summed E-state index contributed by atoms with van der Waals surface area (Å²) >= 11 is 5.81. The molecule has 7 nitrogen and oxygen atoms in total. The zero-order valence-electron chi connectivity index (χ0n) is 15.1. The number of hydrogen-bond donors (Lipinski definition) is 0. The fourth-order valence-electron chi connectivity index (χ4n) is 2.76. The number of ether oxygens (including phenoxy) is 1. The first kappa shape index (κ1) is 18.4. The van der Waals surface area contributed by atoms with E-state index in [-0.39, 0.29) is 11.2 Å². The average Bonchev–Trinajstić information content (AvgIpc) is 2.98. The van der Waals surface area contributed by atoms with Crippen molar-refractivity contribution in [1.29, 1.82) is 0 Å². The van der Waals surface area contributed by atoms with Crippen LogP contribution in [0.3, 0.4) is 0 Å². The van der Waals surface area contributed by atoms with Gasteiger partial charge in [-0.15, -0.1) is 0 Å². The van der Waals surface area contributed by atoms with Gasteiger partial charge >= 0.3 is 5.97 Å². The van der Waals surface area contributed by atoms with E-state index in [0.29, 0.717) is 35.7 Å². The summed E-state index contributed by atoms with van der Waals surface area (Å²) < 4.78 is 11.2. The number of halogens is 1. The van der Waals surface area contributed by atoms with Crippen LogP contribution in [-0.2, 0) is 16.0 Å². The lowest BCUT2D eigenvalue weighted by Gasteiger charge is -2.32. The van der Waals surface area contributed by atoms with E-state index < -0.39 is 17.6 Å². The fraction of sp³-hybridized carbons (Fsp3) is 0.444. The van der Waals surface area contributed by atoms with Crippen LogP contribution >= 0.6 is 11.6 Å². The van der Waals surface area contributed by atoms with Crippen molar-refractivity contribution >= 4 is 23.5 Å². The third kappa shape index (κ3) is 3.72. The first-order chi connectivity index (χ1) is 12.2. The minimum Gasteiger partial charge on any atom is -0.459 e. The molecule has 1 atom stereocenters. The Bertz CT molecular complexity index is 856. The highest BCUT2D eigenvalue weighted by molar-refractivity contribution is 6.28. The highest BCUT2D eigenvalue weighted by Crippen LogP contribution is 2.30. The molecule has 0 saturated carbocycles. The Morgan fingerprint density at radius 1 is 1.42 bits per heavy atom. The van der Waals surface area contributed by atoms with E-state index in [1.54, 1.807) is 39.8 Å². The van der Waals surface area contributed by atoms with E-state index in [1.165, 1.54) is 11.1 Å². The summed E-state index contributed by atoms with van der Waals surface area (Å²) in [5.74, 6) is 0.326. The summed E-state index contributed by atoms with van der Waals surface area (Å²) in [4.78, 5) is 34.6. The molecule has 1 amide bonds. The molecule has 0 spiro atoms. The Hall–Kier alpha value is -2.41. The summed E-state index contributed by atoms with van der Waals surface area (Å²) in [5.41, 5.74) is 0.320. The monoisotopic (exact) mass is 377 g/mol. The normalized spacial score (nSPS) is 15.6. The number of esters is 1. The van der Waals surface area contributed by atoms with Crippen molar-refractivity contribution in [3.8, 4) is 11.5 Å². The maximum Gasteiger partial charge on any atom is 0.329 e. The van der Waals surface area contributed by atoms with Gasteiger partial charge < -0.3 is 14.1 Å². The number of nitrogens with zero attached hydrogens (tertiary/aromatic N) is 3. The van der Waals surface area contributed by atoms with Crippen molar-refractivity contribution < 1.29 is 18.7 Å². The zero-order valence-corrected chi connectivity index (χ0v) is 15.8. The molecule has 0 fully saturated rings. The van der Waals surface area contributed by atoms with Crippen LogP contribution in [0.4, 0.5) is 0 Å². The highest BCUT2D eigenvalue weighted by atomic mass is 35.5. The average molecular weight is 378 g/mol. The molecule has 0 unspecified atom stereocenters. The molecule has 2 aromatic heterocycles. The third-order valence-corrected chi connectivity index (χ3v) is 4.16. The minimum atomic E-state index is -0.679. The Kier molecular flexibility index (Phi) is 4.75. The lowest BCUT2D eigenvalue weighted by molar-refractivity contribution is -0.159. The zero-order chi connectivity index (χ0) is 19.1. The van der Waals surface area contributed by atoms with Gasteiger partial charge in [-0.1, -0.05) is 0 Å². The van der Waals surface area contributed by atoms with Crippen LogP contribution in [0.25, 0.3) is 11.5 Å². The third-order valence-electron chi connectivity index (χ3n) is 3.97. The number of carbonyl (C=O) groups excluding carboxylic acids is 2. The number of rotatable bonds is 3. The lowest BCUT2D eigenvalue weighted by Crippen LogP contribution is -2.48. The summed E-state index contributed by atoms with van der Waals surface area (Å²) in [5, 5.41) is 0.100. The van der Waals surface area contributed by atoms with E-state index in [2.05, 4.69) is 9.97 Å². The van der Waals surface area contributed by atoms with E-state index in [4.69, 9.17) is 20.8 Å². The molecule has 8 heteroatoms. The van der Waals surface area contributed by atoms with Crippen molar-refractivity contribution in [2.45, 2.75) is 45.8 Å². The number of amides is 1. The van der Waals surface area contributed by atoms with Gasteiger partial charge in [-0.3, -0.25) is 4.79 Å². The molecule has 0 radical (unpaired) electrons. The van der Waals surface area contributed by atoms with Crippen LogP contribution in [0.15, 0.2) is 22.7 Å². The van der Waals surface area contributed by atoms with Gasteiger partial charge in [0.15, 0.2) is 5.76 Å². The maximum atomic E-state index is 12.8. The van der Waals surface area contributed by atoms with E-state index >= 15 is 0 Å². The molecule has 0 bridgehead atoms. The standard InChI is InChI=1S/C18H20ClN3O4/c1-10(16(24)26-18(2,3)4)22-8-6-13-11(15(22)23)9-14(25-13)12-5-7-20-17(19)21-12/h5,7,9-10H,6,8H2,1-4H3/t10-/m1/s1. The summed E-state index contributed by atoms with van der Waals surface area (Å²) in [6.07, 6.45) is 2.03. The maximum absolute atomic E-state index is 12.8. The van der Waals surface area contributed by atoms with Gasteiger partial charge in [0.2, 0.25) is 5.28 Å². The van der Waals surface area contributed by atoms with Crippen LogP contribution in [0, 0.1) is 0 Å². The lowest BCUT2D eigenvalue weighted by atomic mass is 10.1. The van der Waals surface area contributed by atoms with Crippen molar-refractivity contribution in [3.63, 3.8) is 0 Å². The van der Waals surface area contributed by atoms with Crippen LogP contribution in [0.2, 0.25) is 5.28 Å². The van der Waals surface area contributed by atoms with Crippen LogP contribution < -0.4 is 0 Å². The summed E-state index contributed by atoms with van der Waals surface area (Å²) in [6, 6.07) is 2.60. The molecule has 1 aliphatic heterocycles. The van der Waals surface area contributed by atoms with Gasteiger partial charge in [-0.2, -0.15) is 0 Å². The van der Waals surface area contributed by atoms with Crippen molar-refractivity contribution in [3.05, 3.63) is 34.9 Å². The largest absolute Gasteiger partial charge is 0.459 e. The second kappa shape index (κ2) is 6.72. The smallest absolute Gasteiger partial charge is 0.329 e. The summed E-state index contributed by atoms with van der Waals surface area (Å²) in [7, 11) is 0. The topological polar surface area (TPSA) is 85.5 Å². The van der Waals surface area contributed by atoms with E-state index in [0.717, 1.165) is 0 Å². The fourth-order valence-corrected chi connectivity index (χ4v) is 2.90. The molecule has 0 saturated heterocycles. The van der Waals surface area contributed by atoms with Crippen molar-refractivity contribution in [1.82, 2.24) is 14.9 Å². The van der Waals surface area contributed by atoms with E-state index in [1.807, 2.05) is 0 Å². The molecule has 0 N–H and O–H groups in total. The predicted octanol–water partition coefficient (Wildman–Crippen LogP) is 3.12. The highest BCUT2D eigenvalue weighted by Gasteiger charge is 2.35. The molecule has 3 rings (SSSR count). The van der Waals surface area contributed by atoms with Crippen LogP contribution in [0.1, 0.15) is 43.8 Å². The SMILES string of the molecule is C[C@H](C(=O)OC(C)(C)C)N1CCc2oc(-c3ccnc(Cl)n3)cc2C1=O. The Morgan fingerprint density at radius 3 is 2.81 bits per heavy atom.